The molecule has 0 amide bonds. The van der Waals surface area contributed by atoms with Crippen LogP contribution in [0.4, 0.5) is 0 Å². The van der Waals surface area contributed by atoms with Crippen LogP contribution in [0, 0.1) is 0 Å². The molecule has 0 N–H and O–H groups in total. The second-order valence-corrected chi connectivity index (χ2v) is 9.54. The maximum Gasteiger partial charge on any atom is 0.338 e. The molecule has 0 saturated carbocycles. The van der Waals surface area contributed by atoms with Gasteiger partial charge in [0, 0.05) is 11.8 Å². The molecule has 154 valence electrons. The van der Waals surface area contributed by atoms with E-state index >= 15 is 0 Å². The quantitative estimate of drug-likeness (QED) is 0.289. The summed E-state index contributed by atoms with van der Waals surface area (Å²) < 4.78 is 4.46. The Kier molecular flexibility index (Phi) is 5.04. The monoisotopic (exact) mass is 391 g/mol. The van der Waals surface area contributed by atoms with E-state index in [1.807, 2.05) is 6.07 Å². The molecule has 1 aliphatic rings. The lowest BCUT2D eigenvalue weighted by Crippen LogP contribution is -2.51. The van der Waals surface area contributed by atoms with Gasteiger partial charge in [0.05, 0.1) is 17.6 Å². The summed E-state index contributed by atoms with van der Waals surface area (Å²) in [7, 11) is 0. The first-order valence-corrected chi connectivity index (χ1v) is 11.4. The van der Waals surface area contributed by atoms with Gasteiger partial charge in [-0.25, -0.2) is 9.20 Å². The molecule has 3 nitrogen and oxygen atoms in total. The first-order valence-electron chi connectivity index (χ1n) is 11.4. The van der Waals surface area contributed by atoms with E-state index in [4.69, 9.17) is 0 Å². The smallest absolute Gasteiger partial charge is 0.241 e. The summed E-state index contributed by atoms with van der Waals surface area (Å²) in [5, 5.41) is 2.49. The second kappa shape index (κ2) is 7.27. The Morgan fingerprint density at radius 2 is 1.86 bits per heavy atom. The minimum Gasteiger partial charge on any atom is -0.241 e. The zero-order valence-corrected chi connectivity index (χ0v) is 18.7. The largest absolute Gasteiger partial charge is 0.338 e. The number of nitrogens with zero attached hydrogens (tertiary/aromatic N) is 2. The Bertz CT molecular complexity index is 1120. The second-order valence-electron chi connectivity index (χ2n) is 9.54. The van der Waals surface area contributed by atoms with Gasteiger partial charge in [-0.05, 0) is 36.3 Å². The molecule has 0 radical (unpaired) electrons. The number of hydrogen-bond acceptors (Lipinski definition) is 1. The Hall–Kier alpha value is -2.16. The number of hydrogen-bond donors (Lipinski definition) is 0. The summed E-state index contributed by atoms with van der Waals surface area (Å²) >= 11 is 0. The first-order chi connectivity index (χ1) is 13.9. The van der Waals surface area contributed by atoms with Crippen LogP contribution in [-0.2, 0) is 17.4 Å². The van der Waals surface area contributed by atoms with Crippen LogP contribution in [0.3, 0.4) is 0 Å². The molecular weight excluding hydrogens is 356 g/mol. The van der Waals surface area contributed by atoms with Crippen molar-refractivity contribution in [3.63, 3.8) is 0 Å². The van der Waals surface area contributed by atoms with Crippen molar-refractivity contribution in [1.29, 1.82) is 0 Å². The molecule has 0 fully saturated rings. The molecule has 0 atom stereocenters. The lowest BCUT2D eigenvalue weighted by molar-refractivity contribution is -0.531. The average Bonchev–Trinajstić information content (AvgIpc) is 2.72. The molecule has 0 spiro atoms. The van der Waals surface area contributed by atoms with E-state index in [2.05, 4.69) is 74.0 Å². The SMILES string of the molecule is CCCCCC(C)(C)c1cc(=O)n2c3c4c(cccc4cc[n+]13)CC2(CC)CC. The van der Waals surface area contributed by atoms with Gasteiger partial charge in [0.15, 0.2) is 0 Å². The minimum atomic E-state index is -0.143. The van der Waals surface area contributed by atoms with Crippen molar-refractivity contribution in [2.45, 2.75) is 90.5 Å². The fourth-order valence-electron chi connectivity index (χ4n) is 5.47. The van der Waals surface area contributed by atoms with E-state index in [1.54, 1.807) is 0 Å². The number of rotatable bonds is 7. The van der Waals surface area contributed by atoms with Crippen molar-refractivity contribution in [3.8, 4) is 0 Å². The average molecular weight is 392 g/mol. The third kappa shape index (κ3) is 3.01. The third-order valence-electron chi connectivity index (χ3n) is 7.40. The van der Waals surface area contributed by atoms with Gasteiger partial charge < -0.3 is 0 Å². The molecule has 1 aromatic carbocycles. The van der Waals surface area contributed by atoms with Crippen molar-refractivity contribution < 1.29 is 4.40 Å². The molecule has 2 aromatic heterocycles. The standard InChI is InChI=1S/C26H35N2O/c1-6-9-10-15-25(4,5)21-17-22(29)28-24-23-19(14-16-27(21)24)12-11-13-20(23)18-26(28,7-2)8-3/h11-14,16-17H,6-10,15,18H2,1-5H3/q+1. The summed E-state index contributed by atoms with van der Waals surface area (Å²) in [6, 6.07) is 10.7. The molecule has 3 heteroatoms. The highest BCUT2D eigenvalue weighted by atomic mass is 16.1. The van der Waals surface area contributed by atoms with Crippen LogP contribution in [0.2, 0.25) is 0 Å². The van der Waals surface area contributed by atoms with Crippen LogP contribution in [0.15, 0.2) is 41.3 Å². The van der Waals surface area contributed by atoms with Gasteiger partial charge in [0.1, 0.15) is 11.2 Å². The van der Waals surface area contributed by atoms with Crippen molar-refractivity contribution in [2.75, 3.05) is 0 Å². The van der Waals surface area contributed by atoms with Gasteiger partial charge in [-0.2, -0.15) is 4.57 Å². The summed E-state index contributed by atoms with van der Waals surface area (Å²) in [5.41, 5.74) is 3.59. The van der Waals surface area contributed by atoms with Gasteiger partial charge in [-0.15, -0.1) is 0 Å². The molecular formula is C26H35N2O+. The van der Waals surface area contributed by atoms with Gasteiger partial charge >= 0.3 is 5.56 Å². The van der Waals surface area contributed by atoms with E-state index in [0.717, 1.165) is 37.0 Å². The molecule has 3 aromatic rings. The van der Waals surface area contributed by atoms with Crippen molar-refractivity contribution in [1.82, 2.24) is 4.57 Å². The maximum atomic E-state index is 13.6. The zero-order chi connectivity index (χ0) is 20.8. The Morgan fingerprint density at radius 3 is 2.55 bits per heavy atom. The predicted molar refractivity (Wildman–Crippen MR) is 121 cm³/mol. The molecule has 29 heavy (non-hydrogen) atoms. The zero-order valence-electron chi connectivity index (χ0n) is 18.7. The Labute approximate surface area is 174 Å². The van der Waals surface area contributed by atoms with Crippen LogP contribution < -0.4 is 9.96 Å². The number of aromatic nitrogens is 2. The van der Waals surface area contributed by atoms with E-state index in [0.29, 0.717) is 0 Å². The molecule has 0 unspecified atom stereocenters. The van der Waals surface area contributed by atoms with E-state index in [-0.39, 0.29) is 16.5 Å². The highest BCUT2D eigenvalue weighted by Gasteiger charge is 2.43. The van der Waals surface area contributed by atoms with Crippen LogP contribution in [0.25, 0.3) is 16.4 Å². The highest BCUT2D eigenvalue weighted by Crippen LogP contribution is 2.39. The molecule has 0 saturated heterocycles. The summed E-state index contributed by atoms with van der Waals surface area (Å²) in [5.74, 6) is 0. The van der Waals surface area contributed by atoms with E-state index < -0.39 is 0 Å². The van der Waals surface area contributed by atoms with Gasteiger partial charge in [-0.3, -0.25) is 0 Å². The van der Waals surface area contributed by atoms with Crippen LogP contribution in [0.1, 0.15) is 84.4 Å². The fraction of sp³-hybridized carbons (Fsp3) is 0.538. The molecule has 0 aliphatic carbocycles. The normalized spacial score (nSPS) is 15.5. The summed E-state index contributed by atoms with van der Waals surface area (Å²) in [4.78, 5) is 13.6. The lowest BCUT2D eigenvalue weighted by Gasteiger charge is -2.35. The molecule has 1 aliphatic heterocycles. The minimum absolute atomic E-state index is 0.0424. The van der Waals surface area contributed by atoms with Crippen molar-refractivity contribution >= 4 is 16.4 Å². The third-order valence-corrected chi connectivity index (χ3v) is 7.40. The lowest BCUT2D eigenvalue weighted by atomic mass is 9.80. The summed E-state index contributed by atoms with van der Waals surface area (Å²) in [6.45, 7) is 11.3. The molecule has 4 rings (SSSR count). The summed E-state index contributed by atoms with van der Waals surface area (Å²) in [6.07, 6.45) is 9.80. The molecule has 3 heterocycles. The highest BCUT2D eigenvalue weighted by molar-refractivity contribution is 5.95. The van der Waals surface area contributed by atoms with Gasteiger partial charge in [0.25, 0.3) is 5.65 Å². The topological polar surface area (TPSA) is 26.1 Å². The van der Waals surface area contributed by atoms with Crippen molar-refractivity contribution in [2.24, 2.45) is 0 Å². The predicted octanol–water partition coefficient (Wildman–Crippen LogP) is 5.67. The number of unbranched alkanes of at least 4 members (excludes halogenated alkanes) is 2. The maximum absolute atomic E-state index is 13.6. The van der Waals surface area contributed by atoms with E-state index in [1.165, 1.54) is 35.6 Å². The Morgan fingerprint density at radius 1 is 1.10 bits per heavy atom. The van der Waals surface area contributed by atoms with E-state index in [9.17, 15) is 4.79 Å². The van der Waals surface area contributed by atoms with Gasteiger partial charge in [-0.1, -0.05) is 72.1 Å². The number of pyridine rings is 1. The number of benzene rings is 1. The Balaban J connectivity index is 2.09. The first kappa shape index (κ1) is 20.1. The fourth-order valence-corrected chi connectivity index (χ4v) is 5.47. The van der Waals surface area contributed by atoms with Crippen LogP contribution in [0.5, 0.6) is 0 Å². The van der Waals surface area contributed by atoms with Crippen molar-refractivity contribution in [3.05, 3.63) is 58.1 Å². The van der Waals surface area contributed by atoms with Crippen LogP contribution >= 0.6 is 0 Å². The van der Waals surface area contributed by atoms with Gasteiger partial charge in [0.2, 0.25) is 0 Å². The molecule has 0 bridgehead atoms. The van der Waals surface area contributed by atoms with Crippen LogP contribution in [-0.4, -0.2) is 4.57 Å².